The summed E-state index contributed by atoms with van der Waals surface area (Å²) in [6.07, 6.45) is 5.56. The van der Waals surface area contributed by atoms with Gasteiger partial charge in [0.25, 0.3) is 0 Å². The second-order valence-corrected chi connectivity index (χ2v) is 9.54. The number of nitrogens with zero attached hydrogens (tertiary/aromatic N) is 1. The Kier molecular flexibility index (Phi) is 6.27. The van der Waals surface area contributed by atoms with Gasteiger partial charge < -0.3 is 5.32 Å². The third-order valence-corrected chi connectivity index (χ3v) is 6.64. The van der Waals surface area contributed by atoms with Gasteiger partial charge in [-0.25, -0.2) is 12.8 Å². The maximum atomic E-state index is 13.2. The minimum absolute atomic E-state index is 0.248. The molecule has 1 amide bonds. The summed E-state index contributed by atoms with van der Waals surface area (Å²) < 4.78 is 38.9. The van der Waals surface area contributed by atoms with Crippen molar-refractivity contribution in [3.05, 3.63) is 65.0 Å². The van der Waals surface area contributed by atoms with Crippen molar-refractivity contribution in [2.45, 2.75) is 51.6 Å². The van der Waals surface area contributed by atoms with E-state index >= 15 is 0 Å². The molecule has 0 saturated heterocycles. The van der Waals surface area contributed by atoms with Gasteiger partial charge in [0.2, 0.25) is 15.9 Å². The van der Waals surface area contributed by atoms with Crippen molar-refractivity contribution in [3.8, 4) is 0 Å². The lowest BCUT2D eigenvalue weighted by Gasteiger charge is -2.29. The van der Waals surface area contributed by atoms with Crippen LogP contribution in [0.3, 0.4) is 0 Å². The van der Waals surface area contributed by atoms with Gasteiger partial charge in [-0.2, -0.15) is 0 Å². The lowest BCUT2D eigenvalue weighted by atomic mass is 9.89. The van der Waals surface area contributed by atoms with E-state index in [9.17, 15) is 17.6 Å². The summed E-state index contributed by atoms with van der Waals surface area (Å²) in [6.45, 7) is 3.41. The van der Waals surface area contributed by atoms with Crippen LogP contribution in [-0.4, -0.2) is 26.6 Å². The van der Waals surface area contributed by atoms with Crippen LogP contribution in [0.25, 0.3) is 0 Å². The van der Waals surface area contributed by atoms with E-state index in [0.29, 0.717) is 0 Å². The molecule has 0 aliphatic heterocycles. The third-order valence-electron chi connectivity index (χ3n) is 5.40. The molecule has 0 radical (unpaired) electrons. The molecule has 2 aromatic carbocycles. The van der Waals surface area contributed by atoms with E-state index in [-0.39, 0.29) is 11.7 Å². The quantitative estimate of drug-likeness (QED) is 0.777. The maximum Gasteiger partial charge on any atom is 0.244 e. The van der Waals surface area contributed by atoms with Crippen LogP contribution in [0.1, 0.15) is 49.4 Å². The molecule has 0 heterocycles. The minimum Gasteiger partial charge on any atom is -0.348 e. The van der Waals surface area contributed by atoms with Crippen molar-refractivity contribution in [1.82, 2.24) is 5.32 Å². The van der Waals surface area contributed by atoms with E-state index in [1.54, 1.807) is 0 Å². The lowest BCUT2D eigenvalue weighted by Crippen LogP contribution is -2.48. The summed E-state index contributed by atoms with van der Waals surface area (Å²) in [6, 6.07) is 10.1. The molecule has 7 heteroatoms. The Morgan fingerprint density at radius 1 is 1.03 bits per heavy atom. The summed E-state index contributed by atoms with van der Waals surface area (Å²) in [5, 5.41) is 2.92. The number of halogens is 1. The first-order valence-electron chi connectivity index (χ1n) is 9.84. The highest BCUT2D eigenvalue weighted by Gasteiger charge is 2.30. The standard InChI is InChI=1S/C22H27FN2O3S/c1-15(18-9-8-17-6-4-5-7-19(17)14-18)24-22(26)16(2)25(29(3,27)28)21-12-10-20(23)11-13-21/h8-16H,4-7H2,1-3H3,(H,24,26)/t15-,16-/m1/s1. The Hall–Kier alpha value is -2.41. The highest BCUT2D eigenvalue weighted by atomic mass is 32.2. The van der Waals surface area contributed by atoms with E-state index in [1.807, 2.05) is 13.0 Å². The highest BCUT2D eigenvalue weighted by molar-refractivity contribution is 7.92. The van der Waals surface area contributed by atoms with Gasteiger partial charge in [0.1, 0.15) is 11.9 Å². The number of hydrogen-bond donors (Lipinski definition) is 1. The number of carbonyl (C=O) groups is 1. The first kappa shape index (κ1) is 21.3. The van der Waals surface area contributed by atoms with E-state index < -0.39 is 27.8 Å². The largest absolute Gasteiger partial charge is 0.348 e. The number of sulfonamides is 1. The van der Waals surface area contributed by atoms with Crippen LogP contribution in [-0.2, 0) is 27.7 Å². The maximum absolute atomic E-state index is 13.2. The third kappa shape index (κ3) is 4.96. The molecular formula is C22H27FN2O3S. The minimum atomic E-state index is -3.74. The van der Waals surface area contributed by atoms with Crippen molar-refractivity contribution in [2.24, 2.45) is 0 Å². The van der Waals surface area contributed by atoms with Crippen molar-refractivity contribution in [3.63, 3.8) is 0 Å². The molecule has 0 aromatic heterocycles. The number of aryl methyl sites for hydroxylation is 2. The van der Waals surface area contributed by atoms with Crippen LogP contribution in [0.5, 0.6) is 0 Å². The number of rotatable bonds is 6. The van der Waals surface area contributed by atoms with Crippen molar-refractivity contribution >= 4 is 21.6 Å². The van der Waals surface area contributed by atoms with E-state index in [4.69, 9.17) is 0 Å². The predicted octanol–water partition coefficient (Wildman–Crippen LogP) is 3.74. The molecule has 0 fully saturated rings. The van der Waals surface area contributed by atoms with Crippen LogP contribution >= 0.6 is 0 Å². The summed E-state index contributed by atoms with van der Waals surface area (Å²) in [5.41, 5.74) is 3.94. The summed E-state index contributed by atoms with van der Waals surface area (Å²) in [7, 11) is -3.74. The Morgan fingerprint density at radius 2 is 1.66 bits per heavy atom. The zero-order chi connectivity index (χ0) is 21.2. The van der Waals surface area contributed by atoms with Gasteiger partial charge >= 0.3 is 0 Å². The number of carbonyl (C=O) groups excluding carboxylic acids is 1. The van der Waals surface area contributed by atoms with Crippen molar-refractivity contribution in [1.29, 1.82) is 0 Å². The fraction of sp³-hybridized carbons (Fsp3) is 0.409. The van der Waals surface area contributed by atoms with E-state index in [0.717, 1.165) is 29.0 Å². The van der Waals surface area contributed by atoms with Gasteiger partial charge in [0.05, 0.1) is 18.0 Å². The normalized spacial score (nSPS) is 15.9. The highest BCUT2D eigenvalue weighted by Crippen LogP contribution is 2.26. The molecule has 0 bridgehead atoms. The lowest BCUT2D eigenvalue weighted by molar-refractivity contribution is -0.122. The number of nitrogens with one attached hydrogen (secondary N) is 1. The number of anilines is 1. The number of hydrogen-bond acceptors (Lipinski definition) is 3. The molecule has 2 atom stereocenters. The molecular weight excluding hydrogens is 391 g/mol. The molecule has 0 spiro atoms. The van der Waals surface area contributed by atoms with Gasteiger partial charge in [-0.15, -0.1) is 0 Å². The van der Waals surface area contributed by atoms with Gasteiger partial charge in [-0.05, 0) is 80.5 Å². The molecule has 1 N–H and O–H groups in total. The molecule has 0 unspecified atom stereocenters. The zero-order valence-corrected chi connectivity index (χ0v) is 17.8. The number of benzene rings is 2. The summed E-state index contributed by atoms with van der Waals surface area (Å²) in [4.78, 5) is 12.9. The molecule has 5 nitrogen and oxygen atoms in total. The Morgan fingerprint density at radius 3 is 2.28 bits per heavy atom. The first-order valence-corrected chi connectivity index (χ1v) is 11.7. The monoisotopic (exact) mass is 418 g/mol. The average molecular weight is 419 g/mol. The predicted molar refractivity (Wildman–Crippen MR) is 113 cm³/mol. The average Bonchev–Trinajstić information content (AvgIpc) is 2.68. The van der Waals surface area contributed by atoms with Crippen LogP contribution in [0, 0.1) is 5.82 Å². The van der Waals surface area contributed by atoms with Gasteiger partial charge in [0.15, 0.2) is 0 Å². The summed E-state index contributed by atoms with van der Waals surface area (Å²) >= 11 is 0. The Balaban J connectivity index is 1.78. The molecule has 2 aromatic rings. The van der Waals surface area contributed by atoms with Gasteiger partial charge in [-0.3, -0.25) is 9.10 Å². The van der Waals surface area contributed by atoms with E-state index in [1.165, 1.54) is 55.2 Å². The Labute approximate surface area is 172 Å². The molecule has 1 aliphatic rings. The van der Waals surface area contributed by atoms with E-state index in [2.05, 4.69) is 17.4 Å². The number of amides is 1. The fourth-order valence-corrected chi connectivity index (χ4v) is 5.01. The molecule has 3 rings (SSSR count). The fourth-order valence-electron chi connectivity index (χ4n) is 3.84. The smallest absolute Gasteiger partial charge is 0.244 e. The summed E-state index contributed by atoms with van der Waals surface area (Å²) in [5.74, 6) is -0.884. The number of fused-ring (bicyclic) bond motifs is 1. The molecule has 29 heavy (non-hydrogen) atoms. The SMILES string of the molecule is C[C@H](C(=O)N[C@H](C)c1ccc2c(c1)CCCC2)N(c1ccc(F)cc1)S(C)(=O)=O. The topological polar surface area (TPSA) is 66.5 Å². The van der Waals surface area contributed by atoms with Gasteiger partial charge in [0, 0.05) is 0 Å². The van der Waals surface area contributed by atoms with Crippen molar-refractivity contribution in [2.75, 3.05) is 10.6 Å². The molecule has 156 valence electrons. The van der Waals surface area contributed by atoms with Crippen molar-refractivity contribution < 1.29 is 17.6 Å². The second-order valence-electron chi connectivity index (χ2n) is 7.68. The zero-order valence-electron chi connectivity index (χ0n) is 17.0. The first-order chi connectivity index (χ1) is 13.7. The second kappa shape index (κ2) is 8.53. The molecule has 0 saturated carbocycles. The molecule has 1 aliphatic carbocycles. The van der Waals surface area contributed by atoms with Crippen LogP contribution < -0.4 is 9.62 Å². The van der Waals surface area contributed by atoms with Crippen LogP contribution in [0.2, 0.25) is 0 Å². The van der Waals surface area contributed by atoms with Gasteiger partial charge in [-0.1, -0.05) is 18.2 Å². The van der Waals surface area contributed by atoms with Crippen LogP contribution in [0.4, 0.5) is 10.1 Å². The van der Waals surface area contributed by atoms with Crippen LogP contribution in [0.15, 0.2) is 42.5 Å². The Bertz CT molecular complexity index is 990.